The van der Waals surface area contributed by atoms with Crippen LogP contribution >= 0.6 is 11.8 Å². The Morgan fingerprint density at radius 2 is 0.743 bits per heavy atom. The molecule has 0 radical (unpaired) electrons. The zero-order valence-corrected chi connectivity index (χ0v) is 19.9. The van der Waals surface area contributed by atoms with E-state index in [4.69, 9.17) is 0 Å². The molecule has 1 heterocycles. The molecule has 7 rings (SSSR count). The van der Waals surface area contributed by atoms with Gasteiger partial charge in [-0.2, -0.15) is 0 Å². The topological polar surface area (TPSA) is 0 Å². The highest BCUT2D eigenvalue weighted by atomic mass is 32.2. The predicted molar refractivity (Wildman–Crippen MR) is 150 cm³/mol. The third kappa shape index (κ3) is 3.31. The smallest absolute Gasteiger partial charge is 0.0279 e. The van der Waals surface area contributed by atoms with Gasteiger partial charge in [-0.25, -0.2) is 0 Å². The second kappa shape index (κ2) is 8.30. The first-order valence-electron chi connectivity index (χ1n) is 12.0. The van der Waals surface area contributed by atoms with E-state index in [1.54, 1.807) is 0 Å². The van der Waals surface area contributed by atoms with Crippen molar-refractivity contribution in [3.8, 4) is 44.5 Å². The third-order valence-corrected chi connectivity index (χ3v) is 8.14. The van der Waals surface area contributed by atoms with Crippen LogP contribution in [0.5, 0.6) is 0 Å². The van der Waals surface area contributed by atoms with Crippen LogP contribution in [0.4, 0.5) is 0 Å². The molecule has 0 fully saturated rings. The average molecular weight is 463 g/mol. The van der Waals surface area contributed by atoms with Crippen molar-refractivity contribution < 1.29 is 0 Å². The lowest BCUT2D eigenvalue weighted by molar-refractivity contribution is 1.42. The van der Waals surface area contributed by atoms with Gasteiger partial charge in [0.1, 0.15) is 0 Å². The van der Waals surface area contributed by atoms with Crippen molar-refractivity contribution in [3.63, 3.8) is 0 Å². The molecule has 0 spiro atoms. The molecule has 0 atom stereocenters. The van der Waals surface area contributed by atoms with Gasteiger partial charge in [-0.05, 0) is 61.3 Å². The largest absolute Gasteiger partial charge is 0.0881 e. The van der Waals surface area contributed by atoms with Gasteiger partial charge in [0.05, 0.1) is 0 Å². The monoisotopic (exact) mass is 462 g/mol. The molecule has 0 nitrogen and oxygen atoms in total. The lowest BCUT2D eigenvalue weighted by Gasteiger charge is -2.17. The van der Waals surface area contributed by atoms with Crippen LogP contribution in [0.1, 0.15) is 0 Å². The van der Waals surface area contributed by atoms with Gasteiger partial charge in [0.25, 0.3) is 0 Å². The molecule has 1 aliphatic heterocycles. The summed E-state index contributed by atoms with van der Waals surface area (Å²) >= 11 is 1.88. The minimum absolute atomic E-state index is 1.26. The second-order valence-electron chi connectivity index (χ2n) is 8.90. The molecule has 0 aliphatic carbocycles. The van der Waals surface area contributed by atoms with Crippen molar-refractivity contribution in [1.29, 1.82) is 0 Å². The molecule has 0 unspecified atom stereocenters. The SMILES string of the molecule is c1ccc2c(c1)Sc1c(ccc3ccccc13)-c1ccccc1-c1ccccc1-c1ccccc1-2. The Hall–Kier alpha value is -4.07. The van der Waals surface area contributed by atoms with Crippen molar-refractivity contribution in [3.05, 3.63) is 133 Å². The highest BCUT2D eigenvalue weighted by molar-refractivity contribution is 7.99. The van der Waals surface area contributed by atoms with Gasteiger partial charge in [-0.15, -0.1) is 0 Å². The maximum atomic E-state index is 2.31. The number of hydrogen-bond donors (Lipinski definition) is 0. The van der Waals surface area contributed by atoms with Crippen LogP contribution in [-0.2, 0) is 0 Å². The van der Waals surface area contributed by atoms with Gasteiger partial charge in [0.15, 0.2) is 0 Å². The second-order valence-corrected chi connectivity index (χ2v) is 9.95. The summed E-state index contributed by atoms with van der Waals surface area (Å²) in [5.41, 5.74) is 10.1. The Labute approximate surface area is 209 Å². The van der Waals surface area contributed by atoms with E-state index in [0.717, 1.165) is 0 Å². The van der Waals surface area contributed by atoms with Crippen LogP contribution < -0.4 is 0 Å². The Morgan fingerprint density at radius 1 is 0.314 bits per heavy atom. The molecule has 6 aromatic carbocycles. The van der Waals surface area contributed by atoms with Gasteiger partial charge in [-0.3, -0.25) is 0 Å². The Balaban J connectivity index is 1.68. The van der Waals surface area contributed by atoms with Gasteiger partial charge in [0.2, 0.25) is 0 Å². The molecule has 6 aromatic rings. The van der Waals surface area contributed by atoms with Crippen LogP contribution in [0.3, 0.4) is 0 Å². The fourth-order valence-corrected chi connectivity index (χ4v) is 6.55. The van der Waals surface area contributed by atoms with Crippen LogP contribution in [-0.4, -0.2) is 0 Å². The van der Waals surface area contributed by atoms with E-state index in [9.17, 15) is 0 Å². The van der Waals surface area contributed by atoms with Crippen LogP contribution in [0.25, 0.3) is 55.3 Å². The summed E-state index contributed by atoms with van der Waals surface area (Å²) in [6.07, 6.45) is 0. The zero-order chi connectivity index (χ0) is 23.2. The highest BCUT2D eigenvalue weighted by Gasteiger charge is 2.21. The predicted octanol–water partition coefficient (Wildman–Crippen LogP) is 9.97. The summed E-state index contributed by atoms with van der Waals surface area (Å²) < 4.78 is 0. The summed E-state index contributed by atoms with van der Waals surface area (Å²) in [5.74, 6) is 0. The molecule has 0 saturated carbocycles. The molecule has 0 aromatic heterocycles. The summed E-state index contributed by atoms with van der Waals surface area (Å²) in [4.78, 5) is 2.58. The number of fused-ring (bicyclic) bond motifs is 11. The van der Waals surface area contributed by atoms with Gasteiger partial charge >= 0.3 is 0 Å². The van der Waals surface area contributed by atoms with Crippen LogP contribution in [0, 0.1) is 0 Å². The molecular weight excluding hydrogens is 440 g/mol. The fourth-order valence-electron chi connectivity index (χ4n) is 5.31. The average Bonchev–Trinajstić information content (AvgIpc) is 2.95. The lowest BCUT2D eigenvalue weighted by Crippen LogP contribution is -1.91. The minimum Gasteiger partial charge on any atom is -0.0881 e. The first-order chi connectivity index (χ1) is 17.4. The van der Waals surface area contributed by atoms with Crippen molar-refractivity contribution in [1.82, 2.24) is 0 Å². The normalized spacial score (nSPS) is 11.9. The van der Waals surface area contributed by atoms with Gasteiger partial charge in [0, 0.05) is 9.79 Å². The molecule has 1 aliphatic rings. The molecule has 35 heavy (non-hydrogen) atoms. The van der Waals surface area contributed by atoms with E-state index in [1.807, 2.05) is 11.8 Å². The lowest BCUT2D eigenvalue weighted by atomic mass is 9.86. The van der Waals surface area contributed by atoms with E-state index in [1.165, 1.54) is 65.1 Å². The van der Waals surface area contributed by atoms with Crippen molar-refractivity contribution >= 4 is 22.5 Å². The highest BCUT2D eigenvalue weighted by Crippen LogP contribution is 2.49. The molecule has 0 saturated heterocycles. The Bertz CT molecular complexity index is 1730. The molecule has 0 amide bonds. The first-order valence-corrected chi connectivity index (χ1v) is 12.8. The summed E-state index contributed by atoms with van der Waals surface area (Å²) in [5, 5.41) is 2.56. The minimum atomic E-state index is 1.26. The number of benzene rings is 6. The quantitative estimate of drug-likeness (QED) is 0.216. The van der Waals surface area contributed by atoms with Crippen LogP contribution in [0.2, 0.25) is 0 Å². The molecule has 0 N–H and O–H groups in total. The molecule has 164 valence electrons. The van der Waals surface area contributed by atoms with E-state index in [0.29, 0.717) is 0 Å². The van der Waals surface area contributed by atoms with Crippen molar-refractivity contribution in [2.75, 3.05) is 0 Å². The molecule has 1 heteroatoms. The molecule has 0 bridgehead atoms. The van der Waals surface area contributed by atoms with E-state index in [2.05, 4.69) is 133 Å². The Kier molecular flexibility index (Phi) is 4.82. The zero-order valence-electron chi connectivity index (χ0n) is 19.1. The summed E-state index contributed by atoms with van der Waals surface area (Å²) in [6, 6.07) is 48.7. The number of hydrogen-bond acceptors (Lipinski definition) is 1. The first kappa shape index (κ1) is 20.3. The van der Waals surface area contributed by atoms with E-state index < -0.39 is 0 Å². The van der Waals surface area contributed by atoms with Crippen LogP contribution in [0.15, 0.2) is 143 Å². The Morgan fingerprint density at radius 3 is 1.34 bits per heavy atom. The number of rotatable bonds is 0. The fraction of sp³-hybridized carbons (Fsp3) is 0. The van der Waals surface area contributed by atoms with Gasteiger partial charge in [-0.1, -0.05) is 139 Å². The standard InChI is InChI=1S/C34H22S/c1-2-12-24-23(11-1)21-22-32-30-18-8-6-16-28(30)26-14-4-3-13-25(26)27-15-5-7-17-29(27)31-19-9-10-20-33(31)35-34(24)32/h1-22H. The summed E-state index contributed by atoms with van der Waals surface area (Å²) in [6.45, 7) is 0. The van der Waals surface area contributed by atoms with Gasteiger partial charge < -0.3 is 0 Å². The molecular formula is C34H22S. The van der Waals surface area contributed by atoms with E-state index in [-0.39, 0.29) is 0 Å². The third-order valence-electron chi connectivity index (χ3n) is 6.92. The maximum Gasteiger partial charge on any atom is 0.0279 e. The van der Waals surface area contributed by atoms with Crippen molar-refractivity contribution in [2.24, 2.45) is 0 Å². The van der Waals surface area contributed by atoms with Crippen molar-refractivity contribution in [2.45, 2.75) is 9.79 Å². The maximum absolute atomic E-state index is 2.31. The van der Waals surface area contributed by atoms with E-state index >= 15 is 0 Å². The summed E-state index contributed by atoms with van der Waals surface area (Å²) in [7, 11) is 0.